The molecule has 0 N–H and O–H groups in total. The van der Waals surface area contributed by atoms with E-state index in [2.05, 4.69) is 32.4 Å². The number of aromatic nitrogens is 1. The van der Waals surface area contributed by atoms with Gasteiger partial charge in [-0.25, -0.2) is 4.98 Å². The maximum Gasteiger partial charge on any atom is 0.232 e. The van der Waals surface area contributed by atoms with E-state index in [0.29, 0.717) is 6.10 Å². The Bertz CT molecular complexity index is 492. The molecular formula is C11H10BrNOS. The Morgan fingerprint density at radius 3 is 3.07 bits per heavy atom. The van der Waals surface area contributed by atoms with Crippen LogP contribution in [0.15, 0.2) is 22.1 Å². The van der Waals surface area contributed by atoms with Gasteiger partial charge in [-0.3, -0.25) is 0 Å². The van der Waals surface area contributed by atoms with Crippen LogP contribution in [-0.4, -0.2) is 11.1 Å². The first kappa shape index (κ1) is 9.60. The number of pyridine rings is 1. The molecule has 0 bridgehead atoms. The summed E-state index contributed by atoms with van der Waals surface area (Å²) >= 11 is 5.18. The van der Waals surface area contributed by atoms with E-state index in [1.54, 1.807) is 11.3 Å². The molecule has 2 heterocycles. The molecule has 0 saturated heterocycles. The molecule has 15 heavy (non-hydrogen) atoms. The van der Waals surface area contributed by atoms with Crippen molar-refractivity contribution in [3.05, 3.63) is 22.1 Å². The Balaban J connectivity index is 2.02. The number of hydrogen-bond acceptors (Lipinski definition) is 3. The van der Waals surface area contributed by atoms with E-state index in [1.807, 2.05) is 6.20 Å². The second-order valence-corrected chi connectivity index (χ2v) is 5.52. The van der Waals surface area contributed by atoms with Crippen LogP contribution in [0.1, 0.15) is 19.3 Å². The lowest BCUT2D eigenvalue weighted by molar-refractivity contribution is 0.117. The van der Waals surface area contributed by atoms with Crippen molar-refractivity contribution in [3.8, 4) is 5.88 Å². The topological polar surface area (TPSA) is 22.1 Å². The van der Waals surface area contributed by atoms with Crippen LogP contribution < -0.4 is 4.74 Å². The molecule has 0 spiro atoms. The van der Waals surface area contributed by atoms with Gasteiger partial charge < -0.3 is 4.74 Å². The van der Waals surface area contributed by atoms with E-state index >= 15 is 0 Å². The fraction of sp³-hybridized carbons (Fsp3) is 0.364. The standard InChI is InChI=1S/C11H10BrNOS/c12-9-6-13-11(14-7-2-1-3-7)10-8(9)4-5-15-10/h4-7H,1-3H2. The minimum Gasteiger partial charge on any atom is -0.473 e. The zero-order valence-electron chi connectivity index (χ0n) is 8.07. The highest BCUT2D eigenvalue weighted by atomic mass is 79.9. The summed E-state index contributed by atoms with van der Waals surface area (Å²) in [5, 5.41) is 3.27. The number of ether oxygens (including phenoxy) is 1. The summed E-state index contributed by atoms with van der Waals surface area (Å²) in [4.78, 5) is 4.34. The smallest absolute Gasteiger partial charge is 0.232 e. The van der Waals surface area contributed by atoms with Crippen molar-refractivity contribution in [1.29, 1.82) is 0 Å². The molecule has 0 aliphatic heterocycles. The molecule has 3 rings (SSSR count). The van der Waals surface area contributed by atoms with Crippen LogP contribution >= 0.6 is 27.3 Å². The number of fused-ring (bicyclic) bond motifs is 1. The number of thiophene rings is 1. The Labute approximate surface area is 100 Å². The third-order valence-corrected chi connectivity index (χ3v) is 4.28. The summed E-state index contributed by atoms with van der Waals surface area (Å²) in [6, 6.07) is 2.10. The van der Waals surface area contributed by atoms with Gasteiger partial charge in [-0.1, -0.05) is 0 Å². The van der Waals surface area contributed by atoms with Gasteiger partial charge in [0.2, 0.25) is 5.88 Å². The molecule has 0 unspecified atom stereocenters. The SMILES string of the molecule is Brc1cnc(OC2CCC2)c2sccc12. The number of hydrogen-bond donors (Lipinski definition) is 0. The predicted octanol–water partition coefficient (Wildman–Crippen LogP) is 3.99. The lowest BCUT2D eigenvalue weighted by Gasteiger charge is -2.25. The van der Waals surface area contributed by atoms with E-state index in [0.717, 1.165) is 15.1 Å². The van der Waals surface area contributed by atoms with Gasteiger partial charge in [0, 0.05) is 16.1 Å². The molecule has 0 amide bonds. The zero-order chi connectivity index (χ0) is 10.3. The zero-order valence-corrected chi connectivity index (χ0v) is 10.5. The second-order valence-electron chi connectivity index (χ2n) is 3.75. The van der Waals surface area contributed by atoms with Gasteiger partial charge in [0.15, 0.2) is 0 Å². The van der Waals surface area contributed by atoms with Gasteiger partial charge in [-0.05, 0) is 46.6 Å². The van der Waals surface area contributed by atoms with E-state index in [4.69, 9.17) is 4.74 Å². The van der Waals surface area contributed by atoms with Crippen LogP contribution in [0.25, 0.3) is 10.1 Å². The summed E-state index contributed by atoms with van der Waals surface area (Å²) in [7, 11) is 0. The molecule has 2 aromatic rings. The summed E-state index contributed by atoms with van der Waals surface area (Å²) in [5.41, 5.74) is 0. The molecule has 0 radical (unpaired) electrons. The number of rotatable bonds is 2. The van der Waals surface area contributed by atoms with Crippen LogP contribution in [0.5, 0.6) is 5.88 Å². The van der Waals surface area contributed by atoms with E-state index in [-0.39, 0.29) is 0 Å². The van der Waals surface area contributed by atoms with Crippen molar-refractivity contribution in [2.45, 2.75) is 25.4 Å². The number of halogens is 1. The summed E-state index contributed by atoms with van der Waals surface area (Å²) in [6.07, 6.45) is 5.84. The quantitative estimate of drug-likeness (QED) is 0.831. The summed E-state index contributed by atoms with van der Waals surface area (Å²) in [6.45, 7) is 0. The van der Waals surface area contributed by atoms with E-state index in [1.165, 1.54) is 24.6 Å². The van der Waals surface area contributed by atoms with Crippen molar-refractivity contribution in [3.63, 3.8) is 0 Å². The third-order valence-electron chi connectivity index (χ3n) is 2.74. The molecular weight excluding hydrogens is 274 g/mol. The largest absolute Gasteiger partial charge is 0.473 e. The normalized spacial score (nSPS) is 16.6. The highest BCUT2D eigenvalue weighted by Crippen LogP contribution is 2.35. The van der Waals surface area contributed by atoms with Gasteiger partial charge >= 0.3 is 0 Å². The maximum absolute atomic E-state index is 5.86. The minimum atomic E-state index is 0.393. The Kier molecular flexibility index (Phi) is 2.41. The summed E-state index contributed by atoms with van der Waals surface area (Å²) < 4.78 is 8.05. The monoisotopic (exact) mass is 283 g/mol. The second kappa shape index (κ2) is 3.76. The van der Waals surface area contributed by atoms with E-state index < -0.39 is 0 Å². The van der Waals surface area contributed by atoms with Gasteiger partial charge in [0.25, 0.3) is 0 Å². The van der Waals surface area contributed by atoms with Crippen molar-refractivity contribution in [2.24, 2.45) is 0 Å². The molecule has 4 heteroatoms. The van der Waals surface area contributed by atoms with Crippen molar-refractivity contribution >= 4 is 37.4 Å². The molecule has 1 aliphatic rings. The van der Waals surface area contributed by atoms with Crippen LogP contribution in [-0.2, 0) is 0 Å². The first-order chi connectivity index (χ1) is 7.34. The van der Waals surface area contributed by atoms with E-state index in [9.17, 15) is 0 Å². The maximum atomic E-state index is 5.86. The Hall–Kier alpha value is -0.610. The van der Waals surface area contributed by atoms with Crippen LogP contribution in [0, 0.1) is 0 Å². The third kappa shape index (κ3) is 1.66. The van der Waals surface area contributed by atoms with Gasteiger partial charge in [0.05, 0.1) is 4.70 Å². The molecule has 0 atom stereocenters. The molecule has 0 aromatic carbocycles. The van der Waals surface area contributed by atoms with Crippen LogP contribution in [0.4, 0.5) is 0 Å². The van der Waals surface area contributed by atoms with Crippen molar-refractivity contribution in [1.82, 2.24) is 4.98 Å². The Morgan fingerprint density at radius 2 is 2.33 bits per heavy atom. The highest BCUT2D eigenvalue weighted by Gasteiger charge is 2.21. The van der Waals surface area contributed by atoms with Crippen LogP contribution in [0.3, 0.4) is 0 Å². The summed E-state index contributed by atoms with van der Waals surface area (Å²) in [5.74, 6) is 0.799. The lowest BCUT2D eigenvalue weighted by Crippen LogP contribution is -2.24. The average molecular weight is 284 g/mol. The lowest BCUT2D eigenvalue weighted by atomic mass is 9.96. The first-order valence-electron chi connectivity index (χ1n) is 5.03. The van der Waals surface area contributed by atoms with Crippen LogP contribution in [0.2, 0.25) is 0 Å². The van der Waals surface area contributed by atoms with Crippen molar-refractivity contribution < 1.29 is 4.74 Å². The molecule has 2 nitrogen and oxygen atoms in total. The minimum absolute atomic E-state index is 0.393. The fourth-order valence-corrected chi connectivity index (χ4v) is 3.05. The van der Waals surface area contributed by atoms with Crippen molar-refractivity contribution in [2.75, 3.05) is 0 Å². The molecule has 1 saturated carbocycles. The fourth-order valence-electron chi connectivity index (χ4n) is 1.64. The molecule has 1 aliphatic carbocycles. The van der Waals surface area contributed by atoms with Gasteiger partial charge in [-0.2, -0.15) is 0 Å². The van der Waals surface area contributed by atoms with Gasteiger partial charge in [-0.15, -0.1) is 11.3 Å². The first-order valence-corrected chi connectivity index (χ1v) is 6.70. The number of nitrogens with zero attached hydrogens (tertiary/aromatic N) is 1. The van der Waals surface area contributed by atoms with Gasteiger partial charge in [0.1, 0.15) is 6.10 Å². The average Bonchev–Trinajstić information content (AvgIpc) is 2.63. The molecule has 2 aromatic heterocycles. The Morgan fingerprint density at radius 1 is 1.47 bits per heavy atom. The molecule has 78 valence electrons. The highest BCUT2D eigenvalue weighted by molar-refractivity contribution is 9.10. The molecule has 1 fully saturated rings. The predicted molar refractivity (Wildman–Crippen MR) is 65.6 cm³/mol.